The molecular weight excluding hydrogens is 436 g/mol. The van der Waals surface area contributed by atoms with Crippen LogP contribution in [0.25, 0.3) is 0 Å². The van der Waals surface area contributed by atoms with Gasteiger partial charge in [0.25, 0.3) is 0 Å². The summed E-state index contributed by atoms with van der Waals surface area (Å²) in [5.41, 5.74) is 0.987. The van der Waals surface area contributed by atoms with E-state index in [4.69, 9.17) is 16.3 Å². The fourth-order valence-electron chi connectivity index (χ4n) is 4.71. The molecule has 1 saturated heterocycles. The highest BCUT2D eigenvalue weighted by molar-refractivity contribution is 7.93. The Balaban J connectivity index is 1.55. The fraction of sp³-hybridized carbons (Fsp3) is 0.435. The van der Waals surface area contributed by atoms with Gasteiger partial charge in [-0.3, -0.25) is 4.79 Å². The molecule has 2 fully saturated rings. The largest absolute Gasteiger partial charge is 0.495 e. The Bertz CT molecular complexity index is 1040. The van der Waals surface area contributed by atoms with Crippen LogP contribution in [0, 0.1) is 0 Å². The van der Waals surface area contributed by atoms with E-state index in [2.05, 4.69) is 4.90 Å². The number of carbonyl (C=O) groups is 1. The van der Waals surface area contributed by atoms with Gasteiger partial charge >= 0.3 is 0 Å². The van der Waals surface area contributed by atoms with E-state index in [1.165, 1.54) is 12.1 Å². The predicted octanol–water partition coefficient (Wildman–Crippen LogP) is 3.78. The molecule has 2 aromatic rings. The van der Waals surface area contributed by atoms with Gasteiger partial charge in [-0.1, -0.05) is 36.6 Å². The molecular formula is C23H27ClN2O4S. The van der Waals surface area contributed by atoms with Gasteiger partial charge in [0.05, 0.1) is 17.7 Å². The summed E-state index contributed by atoms with van der Waals surface area (Å²) in [6.07, 6.45) is 2.20. The zero-order valence-corrected chi connectivity index (χ0v) is 19.2. The Morgan fingerprint density at radius 2 is 1.58 bits per heavy atom. The minimum atomic E-state index is -3.83. The third kappa shape index (κ3) is 3.89. The third-order valence-corrected chi connectivity index (χ3v) is 9.19. The highest BCUT2D eigenvalue weighted by Gasteiger charge is 2.54. The van der Waals surface area contributed by atoms with Crippen LogP contribution in [0.3, 0.4) is 0 Å². The molecule has 1 amide bonds. The molecule has 0 bridgehead atoms. The molecule has 4 rings (SSSR count). The molecule has 0 atom stereocenters. The van der Waals surface area contributed by atoms with Gasteiger partial charge in [-0.25, -0.2) is 8.42 Å². The molecule has 1 aliphatic carbocycles. The van der Waals surface area contributed by atoms with E-state index in [9.17, 15) is 13.2 Å². The van der Waals surface area contributed by atoms with E-state index >= 15 is 0 Å². The number of carbonyl (C=O) groups excluding carboxylic acids is 1. The normalized spacial score (nSPS) is 18.8. The Labute approximate surface area is 188 Å². The number of benzene rings is 2. The molecule has 0 N–H and O–H groups in total. The second kappa shape index (κ2) is 8.71. The molecule has 166 valence electrons. The van der Waals surface area contributed by atoms with Gasteiger partial charge in [-0.05, 0) is 49.2 Å². The third-order valence-electron chi connectivity index (χ3n) is 6.43. The van der Waals surface area contributed by atoms with E-state index in [1.807, 2.05) is 24.3 Å². The zero-order valence-electron chi connectivity index (χ0n) is 17.6. The number of hydrogen-bond donors (Lipinski definition) is 0. The lowest BCUT2D eigenvalue weighted by Crippen LogP contribution is -2.57. The maximum atomic E-state index is 13.7. The number of para-hydroxylation sites is 2. The number of methoxy groups -OCH3 is 1. The summed E-state index contributed by atoms with van der Waals surface area (Å²) in [5, 5.41) is 0.471. The summed E-state index contributed by atoms with van der Waals surface area (Å²) >= 11 is 5.94. The van der Waals surface area contributed by atoms with Gasteiger partial charge in [0, 0.05) is 31.2 Å². The summed E-state index contributed by atoms with van der Waals surface area (Å²) in [6.45, 7) is 2.22. The summed E-state index contributed by atoms with van der Waals surface area (Å²) in [6, 6.07) is 13.9. The topological polar surface area (TPSA) is 66.9 Å². The average Bonchev–Trinajstić information content (AvgIpc) is 3.31. The first-order chi connectivity index (χ1) is 14.9. The van der Waals surface area contributed by atoms with Crippen LogP contribution in [-0.4, -0.2) is 57.3 Å². The Morgan fingerprint density at radius 1 is 0.968 bits per heavy atom. The maximum Gasteiger partial charge on any atom is 0.244 e. The molecule has 8 heteroatoms. The molecule has 31 heavy (non-hydrogen) atoms. The number of anilines is 1. The van der Waals surface area contributed by atoms with Crippen molar-refractivity contribution in [1.29, 1.82) is 0 Å². The van der Waals surface area contributed by atoms with Crippen molar-refractivity contribution in [2.45, 2.75) is 35.3 Å². The van der Waals surface area contributed by atoms with E-state index in [0.717, 1.165) is 24.3 Å². The molecule has 6 nitrogen and oxygen atoms in total. The lowest BCUT2D eigenvalue weighted by atomic mass is 10.0. The van der Waals surface area contributed by atoms with Crippen molar-refractivity contribution < 1.29 is 17.9 Å². The molecule has 1 saturated carbocycles. The van der Waals surface area contributed by atoms with Crippen molar-refractivity contribution in [2.24, 2.45) is 0 Å². The van der Waals surface area contributed by atoms with Crippen LogP contribution < -0.4 is 9.64 Å². The van der Waals surface area contributed by atoms with Crippen molar-refractivity contribution in [3.05, 3.63) is 53.6 Å². The Kier molecular flexibility index (Phi) is 6.17. The first-order valence-corrected chi connectivity index (χ1v) is 12.4. The van der Waals surface area contributed by atoms with Gasteiger partial charge in [-0.15, -0.1) is 0 Å². The van der Waals surface area contributed by atoms with Crippen molar-refractivity contribution in [3.8, 4) is 5.75 Å². The van der Waals surface area contributed by atoms with Gasteiger partial charge in [-0.2, -0.15) is 0 Å². The maximum absolute atomic E-state index is 13.7. The summed E-state index contributed by atoms with van der Waals surface area (Å²) in [4.78, 5) is 17.7. The van der Waals surface area contributed by atoms with Gasteiger partial charge in [0.2, 0.25) is 5.91 Å². The number of halogens is 1. The number of ether oxygens (including phenoxy) is 1. The highest BCUT2D eigenvalue weighted by atomic mass is 35.5. The summed E-state index contributed by atoms with van der Waals surface area (Å²) in [7, 11) is -2.18. The fourth-order valence-corrected chi connectivity index (χ4v) is 6.97. The Morgan fingerprint density at radius 3 is 2.19 bits per heavy atom. The van der Waals surface area contributed by atoms with Crippen LogP contribution in [0.4, 0.5) is 5.69 Å². The first kappa shape index (κ1) is 22.0. The van der Waals surface area contributed by atoms with Crippen LogP contribution in [-0.2, 0) is 14.6 Å². The number of amides is 1. The zero-order chi connectivity index (χ0) is 22.1. The minimum Gasteiger partial charge on any atom is -0.495 e. The molecule has 1 heterocycles. The molecule has 0 radical (unpaired) electrons. The second-order valence-electron chi connectivity index (χ2n) is 8.11. The van der Waals surface area contributed by atoms with Gasteiger partial charge in [0.1, 0.15) is 5.75 Å². The lowest BCUT2D eigenvalue weighted by molar-refractivity contribution is -0.134. The first-order valence-electron chi connectivity index (χ1n) is 10.6. The smallest absolute Gasteiger partial charge is 0.244 e. The van der Waals surface area contributed by atoms with Crippen molar-refractivity contribution in [2.75, 3.05) is 38.2 Å². The Hall–Kier alpha value is -2.25. The number of sulfone groups is 1. The second-order valence-corrected chi connectivity index (χ2v) is 10.8. The molecule has 0 unspecified atom stereocenters. The van der Waals surface area contributed by atoms with E-state index in [0.29, 0.717) is 44.0 Å². The van der Waals surface area contributed by atoms with E-state index < -0.39 is 14.6 Å². The summed E-state index contributed by atoms with van der Waals surface area (Å²) < 4.78 is 31.3. The highest BCUT2D eigenvalue weighted by Crippen LogP contribution is 2.42. The van der Waals surface area contributed by atoms with E-state index in [-0.39, 0.29) is 10.8 Å². The molecule has 2 aromatic carbocycles. The molecule has 2 aliphatic rings. The average molecular weight is 463 g/mol. The van der Waals surface area contributed by atoms with Crippen LogP contribution in [0.2, 0.25) is 5.02 Å². The van der Waals surface area contributed by atoms with Crippen molar-refractivity contribution >= 4 is 33.0 Å². The number of piperazine rings is 1. The summed E-state index contributed by atoms with van der Waals surface area (Å²) in [5.74, 6) is 0.527. The number of rotatable bonds is 5. The predicted molar refractivity (Wildman–Crippen MR) is 122 cm³/mol. The number of nitrogens with zero attached hydrogens (tertiary/aromatic N) is 2. The van der Waals surface area contributed by atoms with Crippen LogP contribution >= 0.6 is 11.6 Å². The lowest BCUT2D eigenvalue weighted by Gasteiger charge is -2.40. The van der Waals surface area contributed by atoms with Crippen molar-refractivity contribution in [1.82, 2.24) is 4.90 Å². The van der Waals surface area contributed by atoms with E-state index in [1.54, 1.807) is 24.1 Å². The SMILES string of the molecule is COc1ccccc1N1CCN(C(=O)C2(S(=O)(=O)c3ccc(Cl)cc3)CCCC2)CC1. The van der Waals surface area contributed by atoms with Crippen LogP contribution in [0.15, 0.2) is 53.4 Å². The van der Waals surface area contributed by atoms with Crippen molar-refractivity contribution in [3.63, 3.8) is 0 Å². The van der Waals surface area contributed by atoms with Crippen LogP contribution in [0.5, 0.6) is 5.75 Å². The molecule has 0 spiro atoms. The minimum absolute atomic E-state index is 0.166. The molecule has 1 aliphatic heterocycles. The van der Waals surface area contributed by atoms with Gasteiger partial charge in [0.15, 0.2) is 14.6 Å². The molecule has 0 aromatic heterocycles. The standard InChI is InChI=1S/C23H27ClN2O4S/c1-30-21-7-3-2-6-20(21)25-14-16-26(17-15-25)22(27)23(12-4-5-13-23)31(28,29)19-10-8-18(24)9-11-19/h2-3,6-11H,4-5,12-17H2,1H3. The van der Waals surface area contributed by atoms with Crippen LogP contribution in [0.1, 0.15) is 25.7 Å². The number of hydrogen-bond acceptors (Lipinski definition) is 5. The van der Waals surface area contributed by atoms with Gasteiger partial charge < -0.3 is 14.5 Å². The quantitative estimate of drug-likeness (QED) is 0.676. The monoisotopic (exact) mass is 462 g/mol.